The normalized spacial score (nSPS) is 11.4. The highest BCUT2D eigenvalue weighted by atomic mass is 35.5. The molecule has 1 N–H and O–H groups in total. The lowest BCUT2D eigenvalue weighted by Gasteiger charge is -2.11. The Balaban J connectivity index is 3.56. The zero-order valence-electron chi connectivity index (χ0n) is 8.26. The molecule has 1 aromatic rings. The molecule has 1 rings (SSSR count). The molecule has 0 aromatic heterocycles. The predicted molar refractivity (Wildman–Crippen MR) is 58.8 cm³/mol. The third kappa shape index (κ3) is 2.19. The van der Waals surface area contributed by atoms with Gasteiger partial charge < -0.3 is 5.32 Å². The Morgan fingerprint density at radius 3 is 2.36 bits per heavy atom. The van der Waals surface area contributed by atoms with Crippen molar-refractivity contribution in [2.45, 2.75) is 11.8 Å². The second-order valence-electron chi connectivity index (χ2n) is 3.12. The van der Waals surface area contributed by atoms with Crippen LogP contribution in [-0.2, 0) is 9.84 Å². The van der Waals surface area contributed by atoms with Gasteiger partial charge in [0.1, 0.15) is 0 Å². The van der Waals surface area contributed by atoms with Crippen LogP contribution in [0.3, 0.4) is 0 Å². The molecular weight excluding hydrogens is 222 g/mol. The van der Waals surface area contributed by atoms with Crippen molar-refractivity contribution in [2.75, 3.05) is 18.6 Å². The molecule has 0 bridgehead atoms. The van der Waals surface area contributed by atoms with E-state index in [0.717, 1.165) is 5.56 Å². The minimum absolute atomic E-state index is 0.241. The molecule has 78 valence electrons. The van der Waals surface area contributed by atoms with Gasteiger partial charge in [0.15, 0.2) is 9.84 Å². The van der Waals surface area contributed by atoms with E-state index in [0.29, 0.717) is 10.7 Å². The summed E-state index contributed by atoms with van der Waals surface area (Å²) in [6, 6.07) is 3.18. The second kappa shape index (κ2) is 3.79. The van der Waals surface area contributed by atoms with Crippen LogP contribution < -0.4 is 5.32 Å². The van der Waals surface area contributed by atoms with Crippen molar-refractivity contribution in [3.63, 3.8) is 0 Å². The molecule has 0 aliphatic carbocycles. The molecule has 0 spiro atoms. The van der Waals surface area contributed by atoms with Crippen molar-refractivity contribution in [3.8, 4) is 0 Å². The van der Waals surface area contributed by atoms with E-state index in [2.05, 4.69) is 5.32 Å². The summed E-state index contributed by atoms with van der Waals surface area (Å²) in [6.45, 7) is 1.81. The van der Waals surface area contributed by atoms with Crippen molar-refractivity contribution in [3.05, 3.63) is 22.7 Å². The molecule has 0 saturated heterocycles. The van der Waals surface area contributed by atoms with Crippen LogP contribution in [-0.4, -0.2) is 21.7 Å². The minimum atomic E-state index is -3.24. The lowest BCUT2D eigenvalue weighted by molar-refractivity contribution is 0.602. The molecule has 5 heteroatoms. The van der Waals surface area contributed by atoms with Gasteiger partial charge >= 0.3 is 0 Å². The highest BCUT2D eigenvalue weighted by Gasteiger charge is 2.15. The summed E-state index contributed by atoms with van der Waals surface area (Å²) in [6.07, 6.45) is 1.17. The van der Waals surface area contributed by atoms with Crippen LogP contribution in [0.4, 0.5) is 5.69 Å². The maximum atomic E-state index is 11.4. The fraction of sp³-hybridized carbons (Fsp3) is 0.333. The Morgan fingerprint density at radius 2 is 1.93 bits per heavy atom. The summed E-state index contributed by atoms with van der Waals surface area (Å²) in [4.78, 5) is 0.241. The molecule has 14 heavy (non-hydrogen) atoms. The van der Waals surface area contributed by atoms with E-state index in [4.69, 9.17) is 11.6 Å². The first-order valence-electron chi connectivity index (χ1n) is 4.04. The number of halogens is 1. The average Bonchev–Trinajstić information content (AvgIpc) is 2.01. The Labute approximate surface area is 89.0 Å². The summed E-state index contributed by atoms with van der Waals surface area (Å²) in [5.41, 5.74) is 1.43. The predicted octanol–water partition coefficient (Wildman–Crippen LogP) is 2.09. The highest BCUT2D eigenvalue weighted by molar-refractivity contribution is 7.90. The Morgan fingerprint density at radius 1 is 1.36 bits per heavy atom. The molecule has 0 atom stereocenters. The molecule has 1 aromatic carbocycles. The Hall–Kier alpha value is -0.740. The fourth-order valence-corrected chi connectivity index (χ4v) is 2.64. The molecule has 0 fully saturated rings. The summed E-state index contributed by atoms with van der Waals surface area (Å²) in [5.74, 6) is 0. The lowest BCUT2D eigenvalue weighted by Crippen LogP contribution is -2.04. The van der Waals surface area contributed by atoms with E-state index in [9.17, 15) is 8.42 Å². The van der Waals surface area contributed by atoms with E-state index >= 15 is 0 Å². The first-order chi connectivity index (χ1) is 6.36. The zero-order valence-corrected chi connectivity index (χ0v) is 9.83. The van der Waals surface area contributed by atoms with Gasteiger partial charge in [-0.3, -0.25) is 0 Å². The van der Waals surface area contributed by atoms with Crippen LogP contribution in [0.2, 0.25) is 5.02 Å². The molecule has 3 nitrogen and oxygen atoms in total. The van der Waals surface area contributed by atoms with Gasteiger partial charge in [0.2, 0.25) is 0 Å². The smallest absolute Gasteiger partial charge is 0.177 e. The third-order valence-corrected chi connectivity index (χ3v) is 3.25. The SMILES string of the molecule is CNc1c(C)cc(Cl)cc1S(C)(=O)=O. The number of benzene rings is 1. The van der Waals surface area contributed by atoms with Crippen molar-refractivity contribution < 1.29 is 8.42 Å². The number of hydrogen-bond acceptors (Lipinski definition) is 3. The van der Waals surface area contributed by atoms with Crippen molar-refractivity contribution in [1.82, 2.24) is 0 Å². The molecule has 0 unspecified atom stereocenters. The van der Waals surface area contributed by atoms with Gasteiger partial charge in [-0.25, -0.2) is 8.42 Å². The summed E-state index contributed by atoms with van der Waals surface area (Å²) in [7, 11) is -1.55. The topological polar surface area (TPSA) is 46.2 Å². The molecule has 0 amide bonds. The maximum absolute atomic E-state index is 11.4. The van der Waals surface area contributed by atoms with Crippen LogP contribution in [0.1, 0.15) is 5.56 Å². The maximum Gasteiger partial charge on any atom is 0.177 e. The van der Waals surface area contributed by atoms with Crippen LogP contribution in [0.25, 0.3) is 0 Å². The molecular formula is C9H12ClNO2S. The number of anilines is 1. The lowest BCUT2D eigenvalue weighted by atomic mass is 10.2. The van der Waals surface area contributed by atoms with E-state index in [1.54, 1.807) is 13.1 Å². The molecule has 0 saturated carbocycles. The van der Waals surface area contributed by atoms with Gasteiger partial charge in [0, 0.05) is 18.3 Å². The van der Waals surface area contributed by atoms with Gasteiger partial charge in [-0.05, 0) is 24.6 Å². The third-order valence-electron chi connectivity index (χ3n) is 1.91. The largest absolute Gasteiger partial charge is 0.387 e. The number of nitrogens with one attached hydrogen (secondary N) is 1. The number of sulfone groups is 1. The van der Waals surface area contributed by atoms with Gasteiger partial charge in [-0.2, -0.15) is 0 Å². The molecule has 0 aliphatic rings. The Kier molecular flexibility index (Phi) is 3.07. The van der Waals surface area contributed by atoms with Crippen LogP contribution in [0.5, 0.6) is 0 Å². The van der Waals surface area contributed by atoms with Crippen molar-refractivity contribution in [1.29, 1.82) is 0 Å². The molecule has 0 radical (unpaired) electrons. The Bertz CT molecular complexity index is 454. The summed E-state index contributed by atoms with van der Waals surface area (Å²) >= 11 is 5.79. The standard InChI is InChI=1S/C9H12ClNO2S/c1-6-4-7(10)5-8(9(6)11-2)14(3,12)13/h4-5,11H,1-3H3. The first-order valence-corrected chi connectivity index (χ1v) is 6.31. The highest BCUT2D eigenvalue weighted by Crippen LogP contribution is 2.28. The van der Waals surface area contributed by atoms with E-state index < -0.39 is 9.84 Å². The van der Waals surface area contributed by atoms with Gasteiger partial charge in [-0.1, -0.05) is 11.6 Å². The van der Waals surface area contributed by atoms with Crippen LogP contribution in [0.15, 0.2) is 17.0 Å². The van der Waals surface area contributed by atoms with Crippen LogP contribution >= 0.6 is 11.6 Å². The second-order valence-corrected chi connectivity index (χ2v) is 5.54. The van der Waals surface area contributed by atoms with E-state index in [1.807, 2.05) is 6.92 Å². The van der Waals surface area contributed by atoms with Crippen LogP contribution in [0, 0.1) is 6.92 Å². The summed E-state index contributed by atoms with van der Waals surface area (Å²) < 4.78 is 22.8. The zero-order chi connectivity index (χ0) is 10.9. The fourth-order valence-electron chi connectivity index (χ4n) is 1.33. The van der Waals surface area contributed by atoms with E-state index in [1.165, 1.54) is 12.3 Å². The molecule has 0 heterocycles. The van der Waals surface area contributed by atoms with E-state index in [-0.39, 0.29) is 4.90 Å². The minimum Gasteiger partial charge on any atom is -0.387 e. The van der Waals surface area contributed by atoms with Gasteiger partial charge in [0.25, 0.3) is 0 Å². The molecule has 0 aliphatic heterocycles. The van der Waals surface area contributed by atoms with Gasteiger partial charge in [0.05, 0.1) is 10.6 Å². The number of rotatable bonds is 2. The van der Waals surface area contributed by atoms with Crippen molar-refractivity contribution in [2.24, 2.45) is 0 Å². The number of hydrogen-bond donors (Lipinski definition) is 1. The van der Waals surface area contributed by atoms with Gasteiger partial charge in [-0.15, -0.1) is 0 Å². The number of aryl methyl sites for hydroxylation is 1. The quantitative estimate of drug-likeness (QED) is 0.851. The average molecular weight is 234 g/mol. The summed E-state index contributed by atoms with van der Waals surface area (Å²) in [5, 5.41) is 3.29. The first kappa shape index (κ1) is 11.3. The van der Waals surface area contributed by atoms with Crippen molar-refractivity contribution >= 4 is 27.1 Å². The monoisotopic (exact) mass is 233 g/mol.